The quantitative estimate of drug-likeness (QED) is 0.571. The van der Waals surface area contributed by atoms with E-state index in [2.05, 4.69) is 11.6 Å². The second-order valence-electron chi connectivity index (χ2n) is 2.59. The average molecular weight is 144 g/mol. The van der Waals surface area contributed by atoms with Crippen LogP contribution in [0.4, 0.5) is 0 Å². The molecule has 1 radical (unpaired) electrons. The van der Waals surface area contributed by atoms with Crippen LogP contribution in [0.5, 0.6) is 0 Å². The van der Waals surface area contributed by atoms with Gasteiger partial charge in [-0.15, -0.1) is 0 Å². The van der Waals surface area contributed by atoms with Crippen LogP contribution in [0.15, 0.2) is 0 Å². The van der Waals surface area contributed by atoms with E-state index in [1.165, 1.54) is 18.6 Å². The minimum absolute atomic E-state index is 0.897. The smallest absolute Gasteiger partial charge is 0.0169 e. The molecule has 0 bridgehead atoms. The third kappa shape index (κ3) is 2.59. The zero-order valence-electron chi connectivity index (χ0n) is 5.97. The lowest BCUT2D eigenvalue weighted by molar-refractivity contribution is 0.404. The van der Waals surface area contributed by atoms with E-state index in [0.717, 1.165) is 19.0 Å². The molecule has 0 N–H and O–H groups in total. The fraction of sp³-hybridized carbons (Fsp3) is 1.00. The van der Waals surface area contributed by atoms with Crippen LogP contribution in [-0.2, 0) is 0 Å². The Hall–Kier alpha value is 0.310. The maximum Gasteiger partial charge on any atom is 0.0169 e. The molecule has 0 aliphatic carbocycles. The van der Waals surface area contributed by atoms with Gasteiger partial charge in [-0.2, -0.15) is 11.8 Å². The normalized spacial score (nSPS) is 28.3. The molecule has 1 rings (SSSR count). The molecule has 1 heterocycles. The van der Waals surface area contributed by atoms with E-state index in [1.807, 2.05) is 11.8 Å². The highest BCUT2D eigenvalue weighted by Crippen LogP contribution is 2.14. The second kappa shape index (κ2) is 4.18. The largest absolute Gasteiger partial charge is 0.241 e. The highest BCUT2D eigenvalue weighted by Gasteiger charge is 2.11. The van der Waals surface area contributed by atoms with Gasteiger partial charge >= 0.3 is 0 Å². The van der Waals surface area contributed by atoms with E-state index in [-0.39, 0.29) is 0 Å². The van der Waals surface area contributed by atoms with Crippen LogP contribution in [0.3, 0.4) is 0 Å². The summed E-state index contributed by atoms with van der Waals surface area (Å²) in [5.74, 6) is 2.21. The SMILES string of the molecule is CSCC1CCC[N]C1. The molecule has 1 unspecified atom stereocenters. The topological polar surface area (TPSA) is 14.1 Å². The van der Waals surface area contributed by atoms with Crippen molar-refractivity contribution >= 4 is 11.8 Å². The van der Waals surface area contributed by atoms with Crippen LogP contribution in [0.2, 0.25) is 0 Å². The van der Waals surface area contributed by atoms with Gasteiger partial charge in [0.25, 0.3) is 0 Å². The zero-order valence-corrected chi connectivity index (χ0v) is 6.78. The molecule has 0 amide bonds. The van der Waals surface area contributed by atoms with Gasteiger partial charge < -0.3 is 0 Å². The van der Waals surface area contributed by atoms with Gasteiger partial charge in [-0.05, 0) is 30.8 Å². The predicted octanol–water partition coefficient (Wildman–Crippen LogP) is 1.36. The Balaban J connectivity index is 2.08. The molecule has 0 aromatic heterocycles. The molecule has 0 aromatic rings. The first-order chi connectivity index (χ1) is 4.43. The summed E-state index contributed by atoms with van der Waals surface area (Å²) in [5, 5.41) is 4.36. The van der Waals surface area contributed by atoms with Crippen LogP contribution >= 0.6 is 11.8 Å². The molecular formula is C7H14NS. The highest BCUT2D eigenvalue weighted by molar-refractivity contribution is 7.98. The molecule has 1 aliphatic heterocycles. The molecule has 2 heteroatoms. The Morgan fingerprint density at radius 1 is 1.67 bits per heavy atom. The van der Waals surface area contributed by atoms with Crippen molar-refractivity contribution in [2.24, 2.45) is 5.92 Å². The van der Waals surface area contributed by atoms with Crippen LogP contribution in [-0.4, -0.2) is 25.1 Å². The van der Waals surface area contributed by atoms with Crippen LogP contribution in [0.25, 0.3) is 0 Å². The molecule has 1 fully saturated rings. The van der Waals surface area contributed by atoms with Crippen molar-refractivity contribution in [3.63, 3.8) is 0 Å². The molecule has 1 saturated heterocycles. The molecule has 1 nitrogen and oxygen atoms in total. The first-order valence-corrected chi connectivity index (χ1v) is 4.95. The molecular weight excluding hydrogens is 130 g/mol. The number of thioether (sulfide) groups is 1. The Kier molecular flexibility index (Phi) is 3.44. The summed E-state index contributed by atoms with van der Waals surface area (Å²) in [5.41, 5.74) is 0. The van der Waals surface area contributed by atoms with Gasteiger partial charge in [-0.25, -0.2) is 5.32 Å². The van der Waals surface area contributed by atoms with Crippen LogP contribution in [0, 0.1) is 5.92 Å². The summed E-state index contributed by atoms with van der Waals surface area (Å²) in [6, 6.07) is 0. The Morgan fingerprint density at radius 3 is 3.11 bits per heavy atom. The Morgan fingerprint density at radius 2 is 2.56 bits per heavy atom. The standard InChI is InChI=1S/C7H14NS/c1-9-6-7-3-2-4-8-5-7/h7H,2-6H2,1H3. The minimum atomic E-state index is 0.897. The molecule has 53 valence electrons. The Labute approximate surface area is 61.6 Å². The van der Waals surface area contributed by atoms with Crippen molar-refractivity contribution in [2.45, 2.75) is 12.8 Å². The van der Waals surface area contributed by atoms with Gasteiger partial charge in [0, 0.05) is 13.1 Å². The lowest BCUT2D eigenvalue weighted by Crippen LogP contribution is -2.25. The second-order valence-corrected chi connectivity index (χ2v) is 3.50. The summed E-state index contributed by atoms with van der Waals surface area (Å²) < 4.78 is 0. The predicted molar refractivity (Wildman–Crippen MR) is 43.0 cm³/mol. The molecule has 1 aliphatic rings. The van der Waals surface area contributed by atoms with E-state index in [0.29, 0.717) is 0 Å². The maximum atomic E-state index is 4.36. The van der Waals surface area contributed by atoms with Gasteiger partial charge in [-0.3, -0.25) is 0 Å². The molecule has 0 aromatic carbocycles. The fourth-order valence-corrected chi connectivity index (χ4v) is 1.97. The first-order valence-electron chi connectivity index (χ1n) is 3.55. The van der Waals surface area contributed by atoms with E-state index in [9.17, 15) is 0 Å². The average Bonchev–Trinajstić information content (AvgIpc) is 1.91. The van der Waals surface area contributed by atoms with Gasteiger partial charge in [0.1, 0.15) is 0 Å². The summed E-state index contributed by atoms with van der Waals surface area (Å²) in [7, 11) is 0. The molecule has 9 heavy (non-hydrogen) atoms. The zero-order chi connectivity index (χ0) is 6.53. The highest BCUT2D eigenvalue weighted by atomic mass is 32.2. The monoisotopic (exact) mass is 144 g/mol. The fourth-order valence-electron chi connectivity index (χ4n) is 1.23. The van der Waals surface area contributed by atoms with Gasteiger partial charge in [0.05, 0.1) is 0 Å². The van der Waals surface area contributed by atoms with E-state index >= 15 is 0 Å². The van der Waals surface area contributed by atoms with Crippen molar-refractivity contribution in [3.8, 4) is 0 Å². The van der Waals surface area contributed by atoms with E-state index < -0.39 is 0 Å². The van der Waals surface area contributed by atoms with Crippen molar-refractivity contribution in [1.29, 1.82) is 0 Å². The van der Waals surface area contributed by atoms with Crippen molar-refractivity contribution in [2.75, 3.05) is 25.1 Å². The summed E-state index contributed by atoms with van der Waals surface area (Å²) in [4.78, 5) is 0. The lowest BCUT2D eigenvalue weighted by atomic mass is 10.0. The van der Waals surface area contributed by atoms with Gasteiger partial charge in [-0.1, -0.05) is 0 Å². The van der Waals surface area contributed by atoms with Crippen LogP contribution < -0.4 is 5.32 Å². The number of rotatable bonds is 2. The Bertz CT molecular complexity index is 66.6. The molecule has 0 spiro atoms. The summed E-state index contributed by atoms with van der Waals surface area (Å²) in [6.07, 6.45) is 4.91. The van der Waals surface area contributed by atoms with Gasteiger partial charge in [0.2, 0.25) is 0 Å². The van der Waals surface area contributed by atoms with Crippen molar-refractivity contribution in [1.82, 2.24) is 5.32 Å². The van der Waals surface area contributed by atoms with Gasteiger partial charge in [0.15, 0.2) is 0 Å². The van der Waals surface area contributed by atoms with Crippen LogP contribution in [0.1, 0.15) is 12.8 Å². The number of nitrogens with zero attached hydrogens (tertiary/aromatic N) is 1. The lowest BCUT2D eigenvalue weighted by Gasteiger charge is -2.19. The third-order valence-electron chi connectivity index (χ3n) is 1.72. The molecule has 0 saturated carbocycles. The third-order valence-corrected chi connectivity index (χ3v) is 2.52. The van der Waals surface area contributed by atoms with Crippen molar-refractivity contribution < 1.29 is 0 Å². The number of hydrogen-bond acceptors (Lipinski definition) is 1. The number of hydrogen-bond donors (Lipinski definition) is 0. The summed E-state index contributed by atoms with van der Waals surface area (Å²) in [6.45, 7) is 2.24. The van der Waals surface area contributed by atoms with E-state index in [4.69, 9.17) is 0 Å². The number of piperidine rings is 1. The summed E-state index contributed by atoms with van der Waals surface area (Å²) >= 11 is 1.95. The first kappa shape index (κ1) is 7.42. The minimum Gasteiger partial charge on any atom is -0.241 e. The molecule has 1 atom stereocenters. The van der Waals surface area contributed by atoms with Crippen molar-refractivity contribution in [3.05, 3.63) is 0 Å². The maximum absolute atomic E-state index is 4.36. The van der Waals surface area contributed by atoms with E-state index in [1.54, 1.807) is 0 Å².